The highest BCUT2D eigenvalue weighted by molar-refractivity contribution is 5.83. The number of nitrogens with zero attached hydrogens (tertiary/aromatic N) is 2. The Balaban J connectivity index is 2.17. The number of aliphatic hydroxyl groups is 1. The van der Waals surface area contributed by atoms with Crippen molar-refractivity contribution in [3.63, 3.8) is 0 Å². The van der Waals surface area contributed by atoms with Gasteiger partial charge in [0.25, 0.3) is 0 Å². The Morgan fingerprint density at radius 2 is 2.00 bits per heavy atom. The van der Waals surface area contributed by atoms with Crippen molar-refractivity contribution in [2.24, 2.45) is 5.41 Å². The number of carbonyl (C=O) groups excluding carboxylic acids is 1. The average molecular weight is 338 g/mol. The Kier molecular flexibility index (Phi) is 6.32. The van der Waals surface area contributed by atoms with Gasteiger partial charge in [0, 0.05) is 32.2 Å². The zero-order valence-corrected chi connectivity index (χ0v) is 14.7. The van der Waals surface area contributed by atoms with Crippen LogP contribution in [0, 0.1) is 11.2 Å². The second-order valence-electron chi connectivity index (χ2n) is 6.89. The second-order valence-corrected chi connectivity index (χ2v) is 6.89. The molecule has 0 radical (unpaired) electrons. The predicted octanol–water partition coefficient (Wildman–Crippen LogP) is 1.68. The van der Waals surface area contributed by atoms with Gasteiger partial charge in [-0.15, -0.1) is 0 Å². The van der Waals surface area contributed by atoms with Crippen LogP contribution in [0.1, 0.15) is 24.4 Å². The summed E-state index contributed by atoms with van der Waals surface area (Å²) in [6, 6.07) is 5.58. The van der Waals surface area contributed by atoms with Crippen LogP contribution in [-0.4, -0.2) is 68.3 Å². The van der Waals surface area contributed by atoms with Crippen LogP contribution in [0.15, 0.2) is 24.3 Å². The number of benzene rings is 1. The average Bonchev–Trinajstić information content (AvgIpc) is 2.55. The third-order valence-corrected chi connectivity index (χ3v) is 4.75. The largest absolute Gasteiger partial charge is 0.396 e. The van der Waals surface area contributed by atoms with Crippen molar-refractivity contribution in [1.29, 1.82) is 0 Å². The van der Waals surface area contributed by atoms with E-state index in [2.05, 4.69) is 0 Å². The molecular formula is C18H27FN2O3. The molecule has 0 saturated carbocycles. The highest BCUT2D eigenvalue weighted by atomic mass is 19.1. The van der Waals surface area contributed by atoms with Gasteiger partial charge in [-0.05, 0) is 44.6 Å². The molecular weight excluding hydrogens is 311 g/mol. The van der Waals surface area contributed by atoms with Gasteiger partial charge in [-0.2, -0.15) is 0 Å². The molecule has 1 saturated heterocycles. The van der Waals surface area contributed by atoms with Crippen molar-refractivity contribution in [3.8, 4) is 0 Å². The normalized spacial score (nSPS) is 18.4. The number of hydrogen-bond acceptors (Lipinski definition) is 4. The minimum atomic E-state index is -0.554. The van der Waals surface area contributed by atoms with Gasteiger partial charge >= 0.3 is 0 Å². The lowest BCUT2D eigenvalue weighted by Crippen LogP contribution is -2.47. The quantitative estimate of drug-likeness (QED) is 0.857. The molecule has 1 aliphatic rings. The summed E-state index contributed by atoms with van der Waals surface area (Å²) in [7, 11) is 5.35. The molecule has 1 fully saturated rings. The van der Waals surface area contributed by atoms with Crippen LogP contribution in [-0.2, 0) is 9.53 Å². The van der Waals surface area contributed by atoms with Crippen molar-refractivity contribution in [2.45, 2.75) is 18.9 Å². The van der Waals surface area contributed by atoms with Crippen LogP contribution in [0.25, 0.3) is 0 Å². The molecule has 1 aliphatic heterocycles. The lowest BCUT2D eigenvalue weighted by atomic mass is 9.80. The smallest absolute Gasteiger partial charge is 0.244 e. The summed E-state index contributed by atoms with van der Waals surface area (Å²) < 4.78 is 18.9. The van der Waals surface area contributed by atoms with Crippen molar-refractivity contribution < 1.29 is 19.0 Å². The topological polar surface area (TPSA) is 53.0 Å². The van der Waals surface area contributed by atoms with E-state index < -0.39 is 6.04 Å². The van der Waals surface area contributed by atoms with Crippen LogP contribution < -0.4 is 0 Å². The summed E-state index contributed by atoms with van der Waals surface area (Å²) in [5, 5.41) is 9.82. The molecule has 24 heavy (non-hydrogen) atoms. The van der Waals surface area contributed by atoms with Gasteiger partial charge in [-0.25, -0.2) is 4.39 Å². The fraction of sp³-hybridized carbons (Fsp3) is 0.611. The first kappa shape index (κ1) is 18.8. The van der Waals surface area contributed by atoms with Crippen LogP contribution >= 0.6 is 0 Å². The maximum absolute atomic E-state index is 13.6. The lowest BCUT2D eigenvalue weighted by molar-refractivity contribution is -0.138. The van der Waals surface area contributed by atoms with E-state index in [1.165, 1.54) is 12.1 Å². The monoisotopic (exact) mass is 338 g/mol. The first-order valence-corrected chi connectivity index (χ1v) is 8.24. The maximum Gasteiger partial charge on any atom is 0.244 e. The Morgan fingerprint density at radius 1 is 1.33 bits per heavy atom. The molecule has 0 aliphatic carbocycles. The Labute approximate surface area is 143 Å². The number of carbonyl (C=O) groups is 1. The third kappa shape index (κ3) is 4.32. The summed E-state index contributed by atoms with van der Waals surface area (Å²) in [5.74, 6) is -0.462. The molecule has 1 N–H and O–H groups in total. The van der Waals surface area contributed by atoms with E-state index in [-0.39, 0.29) is 23.7 Å². The molecule has 0 bridgehead atoms. The molecule has 1 aromatic rings. The fourth-order valence-corrected chi connectivity index (χ4v) is 3.30. The molecule has 0 spiro atoms. The van der Waals surface area contributed by atoms with Gasteiger partial charge < -0.3 is 14.7 Å². The Hall–Kier alpha value is -1.50. The molecule has 2 rings (SSSR count). The van der Waals surface area contributed by atoms with E-state index in [4.69, 9.17) is 4.74 Å². The molecule has 6 heteroatoms. The van der Waals surface area contributed by atoms with Crippen molar-refractivity contribution in [2.75, 3.05) is 47.5 Å². The highest BCUT2D eigenvalue weighted by Gasteiger charge is 2.36. The van der Waals surface area contributed by atoms with Gasteiger partial charge in [-0.3, -0.25) is 9.69 Å². The standard InChI is InChI=1S/C18H27FN2O3/c1-20(2)16(14-5-4-6-15(19)11-14)17(23)21(3)12-18(13-22)7-9-24-10-8-18/h4-6,11,16,22H,7-10,12-13H2,1-3H3. The van der Waals surface area contributed by atoms with Gasteiger partial charge in [0.05, 0.1) is 6.61 Å². The number of halogens is 1. The summed E-state index contributed by atoms with van der Waals surface area (Å²) >= 11 is 0. The number of rotatable bonds is 6. The molecule has 1 atom stereocenters. The minimum absolute atomic E-state index is 0.0283. The molecule has 1 amide bonds. The molecule has 5 nitrogen and oxygen atoms in total. The van der Waals surface area contributed by atoms with Gasteiger partial charge in [0.15, 0.2) is 0 Å². The van der Waals surface area contributed by atoms with Gasteiger partial charge in [-0.1, -0.05) is 12.1 Å². The number of likely N-dealkylation sites (N-methyl/N-ethyl adjacent to an activating group) is 2. The third-order valence-electron chi connectivity index (χ3n) is 4.75. The number of aliphatic hydroxyl groups excluding tert-OH is 1. The number of ether oxygens (including phenoxy) is 1. The van der Waals surface area contributed by atoms with E-state index in [1.807, 2.05) is 0 Å². The second kappa shape index (κ2) is 8.05. The molecule has 0 aromatic heterocycles. The van der Waals surface area contributed by atoms with Crippen molar-refractivity contribution in [1.82, 2.24) is 9.80 Å². The van der Waals surface area contributed by atoms with Crippen molar-refractivity contribution >= 4 is 5.91 Å². The zero-order chi connectivity index (χ0) is 17.7. The lowest BCUT2D eigenvalue weighted by Gasteiger charge is -2.39. The summed E-state index contributed by atoms with van der Waals surface area (Å²) in [6.45, 7) is 1.69. The Bertz CT molecular complexity index is 559. The van der Waals surface area contributed by atoms with Crippen LogP contribution in [0.3, 0.4) is 0 Å². The zero-order valence-electron chi connectivity index (χ0n) is 14.7. The highest BCUT2D eigenvalue weighted by Crippen LogP contribution is 2.32. The Morgan fingerprint density at radius 3 is 2.54 bits per heavy atom. The van der Waals surface area contributed by atoms with E-state index in [1.54, 1.807) is 43.1 Å². The predicted molar refractivity (Wildman–Crippen MR) is 90.0 cm³/mol. The molecule has 1 aromatic carbocycles. The SMILES string of the molecule is CN(CC1(CO)CCOCC1)C(=O)C(c1cccc(F)c1)N(C)C. The van der Waals surface area contributed by atoms with E-state index in [0.29, 0.717) is 25.3 Å². The van der Waals surface area contributed by atoms with E-state index in [0.717, 1.165) is 12.8 Å². The van der Waals surface area contributed by atoms with Gasteiger partial charge in [0.2, 0.25) is 5.91 Å². The summed E-state index contributed by atoms with van der Waals surface area (Å²) in [4.78, 5) is 16.4. The molecule has 134 valence electrons. The van der Waals surface area contributed by atoms with Crippen LogP contribution in [0.4, 0.5) is 4.39 Å². The summed E-state index contributed by atoms with van der Waals surface area (Å²) in [6.07, 6.45) is 1.46. The number of hydrogen-bond donors (Lipinski definition) is 1. The number of amides is 1. The summed E-state index contributed by atoms with van der Waals surface area (Å²) in [5.41, 5.74) is 0.309. The first-order chi connectivity index (χ1) is 11.4. The van der Waals surface area contributed by atoms with Gasteiger partial charge in [0.1, 0.15) is 11.9 Å². The minimum Gasteiger partial charge on any atom is -0.396 e. The molecule has 1 unspecified atom stereocenters. The molecule has 1 heterocycles. The van der Waals surface area contributed by atoms with E-state index in [9.17, 15) is 14.3 Å². The fourth-order valence-electron chi connectivity index (χ4n) is 3.30. The van der Waals surface area contributed by atoms with Crippen LogP contribution in [0.2, 0.25) is 0 Å². The van der Waals surface area contributed by atoms with Crippen molar-refractivity contribution in [3.05, 3.63) is 35.6 Å². The first-order valence-electron chi connectivity index (χ1n) is 8.24. The van der Waals surface area contributed by atoms with Crippen LogP contribution in [0.5, 0.6) is 0 Å². The maximum atomic E-state index is 13.6. The van der Waals surface area contributed by atoms with E-state index >= 15 is 0 Å².